The zero-order valence-corrected chi connectivity index (χ0v) is 16.5. The number of benzene rings is 2. The fourth-order valence-electron chi connectivity index (χ4n) is 3.22. The Bertz CT molecular complexity index is 829. The molecule has 2 amide bonds. The van der Waals surface area contributed by atoms with E-state index in [9.17, 15) is 14.7 Å². The summed E-state index contributed by atoms with van der Waals surface area (Å²) in [6, 6.07) is 13.4. The van der Waals surface area contributed by atoms with Gasteiger partial charge in [0.15, 0.2) is 6.61 Å². The van der Waals surface area contributed by atoms with Crippen molar-refractivity contribution in [3.8, 4) is 17.2 Å². The highest BCUT2D eigenvalue weighted by Crippen LogP contribution is 2.18. The number of nitrogens with zero attached hydrogens (tertiary/aromatic N) is 1. The van der Waals surface area contributed by atoms with Crippen LogP contribution in [0.15, 0.2) is 48.5 Å². The molecule has 7 heteroatoms. The molecule has 1 saturated heterocycles. The van der Waals surface area contributed by atoms with Crippen LogP contribution < -0.4 is 14.8 Å². The average Bonchev–Trinajstić information content (AvgIpc) is 2.74. The summed E-state index contributed by atoms with van der Waals surface area (Å²) in [6.07, 6.45) is 1.36. The van der Waals surface area contributed by atoms with Crippen LogP contribution in [0.2, 0.25) is 0 Å². The molecule has 2 N–H and O–H groups in total. The lowest BCUT2D eigenvalue weighted by Crippen LogP contribution is -2.47. The third-order valence-electron chi connectivity index (χ3n) is 4.79. The van der Waals surface area contributed by atoms with E-state index in [4.69, 9.17) is 9.47 Å². The quantitative estimate of drug-likeness (QED) is 0.749. The molecule has 0 unspecified atom stereocenters. The van der Waals surface area contributed by atoms with Crippen molar-refractivity contribution in [2.75, 3.05) is 26.3 Å². The lowest BCUT2D eigenvalue weighted by molar-refractivity contribution is -0.134. The monoisotopic (exact) mass is 398 g/mol. The number of rotatable bonds is 7. The smallest absolute Gasteiger partial charge is 0.260 e. The molecule has 0 aliphatic carbocycles. The lowest BCUT2D eigenvalue weighted by atomic mass is 10.0. The highest BCUT2D eigenvalue weighted by atomic mass is 16.5. The van der Waals surface area contributed by atoms with E-state index >= 15 is 0 Å². The van der Waals surface area contributed by atoms with Crippen LogP contribution >= 0.6 is 0 Å². The Morgan fingerprint density at radius 3 is 2.34 bits per heavy atom. The van der Waals surface area contributed by atoms with Crippen LogP contribution in [0.3, 0.4) is 0 Å². The summed E-state index contributed by atoms with van der Waals surface area (Å²) in [5.74, 6) is 1.16. The largest absolute Gasteiger partial charge is 0.508 e. The molecule has 1 heterocycles. The number of hydrogen-bond acceptors (Lipinski definition) is 5. The molecule has 3 rings (SSSR count). The Labute approximate surface area is 170 Å². The Morgan fingerprint density at radius 1 is 1.07 bits per heavy atom. The molecule has 0 spiro atoms. The first-order valence-electron chi connectivity index (χ1n) is 9.78. The highest BCUT2D eigenvalue weighted by molar-refractivity contribution is 5.94. The zero-order valence-electron chi connectivity index (χ0n) is 16.5. The maximum absolute atomic E-state index is 12.4. The topological polar surface area (TPSA) is 88.1 Å². The molecule has 0 atom stereocenters. The van der Waals surface area contributed by atoms with Gasteiger partial charge in [-0.05, 0) is 62.2 Å². The summed E-state index contributed by atoms with van der Waals surface area (Å²) in [7, 11) is 0. The fourth-order valence-corrected chi connectivity index (χ4v) is 3.22. The average molecular weight is 398 g/mol. The van der Waals surface area contributed by atoms with Gasteiger partial charge >= 0.3 is 0 Å². The molecule has 29 heavy (non-hydrogen) atoms. The van der Waals surface area contributed by atoms with Crippen LogP contribution in [0.1, 0.15) is 30.1 Å². The number of likely N-dealkylation sites (tertiary alicyclic amines) is 1. The molecule has 2 aromatic rings. The van der Waals surface area contributed by atoms with E-state index in [-0.39, 0.29) is 30.2 Å². The van der Waals surface area contributed by atoms with Crippen molar-refractivity contribution in [2.45, 2.75) is 25.8 Å². The third-order valence-corrected chi connectivity index (χ3v) is 4.79. The molecular formula is C22H26N2O5. The van der Waals surface area contributed by atoms with E-state index in [1.165, 1.54) is 12.1 Å². The first-order chi connectivity index (χ1) is 14.0. The number of phenols is 1. The summed E-state index contributed by atoms with van der Waals surface area (Å²) in [5.41, 5.74) is 0.423. The SMILES string of the molecule is CCOc1ccc(OCC(=O)N2CCC(NC(=O)c3cccc(O)c3)CC2)cc1. The molecule has 0 bridgehead atoms. The second-order valence-electron chi connectivity index (χ2n) is 6.87. The van der Waals surface area contributed by atoms with Gasteiger partial charge in [-0.15, -0.1) is 0 Å². The Morgan fingerprint density at radius 2 is 1.72 bits per heavy atom. The predicted molar refractivity (Wildman–Crippen MR) is 108 cm³/mol. The standard InChI is InChI=1S/C22H26N2O5/c1-2-28-19-6-8-20(9-7-19)29-15-21(26)24-12-10-17(11-13-24)23-22(27)16-4-3-5-18(25)14-16/h3-9,14,17,25H,2,10-13,15H2,1H3,(H,23,27). The second-order valence-corrected chi connectivity index (χ2v) is 6.87. The molecule has 0 saturated carbocycles. The van der Waals surface area contributed by atoms with Crippen LogP contribution in [0.5, 0.6) is 17.2 Å². The number of nitrogens with one attached hydrogen (secondary N) is 1. The van der Waals surface area contributed by atoms with Gasteiger partial charge in [-0.3, -0.25) is 9.59 Å². The van der Waals surface area contributed by atoms with Crippen molar-refractivity contribution in [3.63, 3.8) is 0 Å². The summed E-state index contributed by atoms with van der Waals surface area (Å²) < 4.78 is 11.0. The van der Waals surface area contributed by atoms with Gasteiger partial charge in [-0.2, -0.15) is 0 Å². The number of ether oxygens (including phenoxy) is 2. The molecule has 1 aliphatic heterocycles. The minimum absolute atomic E-state index is 0.000859. The van der Waals surface area contributed by atoms with E-state index < -0.39 is 0 Å². The molecular weight excluding hydrogens is 372 g/mol. The summed E-state index contributed by atoms with van der Waals surface area (Å²) in [6.45, 7) is 3.63. The Kier molecular flexibility index (Phi) is 6.94. The minimum atomic E-state index is -0.218. The van der Waals surface area contributed by atoms with Crippen molar-refractivity contribution in [2.24, 2.45) is 0 Å². The first-order valence-corrected chi connectivity index (χ1v) is 9.78. The molecule has 0 aromatic heterocycles. The van der Waals surface area contributed by atoms with Crippen molar-refractivity contribution < 1.29 is 24.2 Å². The number of hydrogen-bond donors (Lipinski definition) is 2. The third kappa shape index (κ3) is 5.88. The number of piperidine rings is 1. The van der Waals surface area contributed by atoms with Crippen molar-refractivity contribution in [1.29, 1.82) is 0 Å². The number of amides is 2. The van der Waals surface area contributed by atoms with E-state index in [0.29, 0.717) is 43.9 Å². The molecule has 1 fully saturated rings. The summed E-state index contributed by atoms with van der Waals surface area (Å²) >= 11 is 0. The number of phenolic OH excluding ortho intramolecular Hbond substituents is 1. The van der Waals surface area contributed by atoms with Crippen molar-refractivity contribution >= 4 is 11.8 Å². The van der Waals surface area contributed by atoms with Gasteiger partial charge in [0.2, 0.25) is 0 Å². The number of carbonyl (C=O) groups is 2. The normalized spacial score (nSPS) is 14.3. The van der Waals surface area contributed by atoms with Crippen molar-refractivity contribution in [1.82, 2.24) is 10.2 Å². The maximum Gasteiger partial charge on any atom is 0.260 e. The van der Waals surface area contributed by atoms with Gasteiger partial charge in [-0.1, -0.05) is 6.07 Å². The molecule has 1 aliphatic rings. The van der Waals surface area contributed by atoms with Gasteiger partial charge in [0.25, 0.3) is 11.8 Å². The van der Waals surface area contributed by atoms with E-state index in [1.807, 2.05) is 19.1 Å². The summed E-state index contributed by atoms with van der Waals surface area (Å²) in [5, 5.41) is 12.5. The Hall–Kier alpha value is -3.22. The second kappa shape index (κ2) is 9.82. The van der Waals surface area contributed by atoms with Crippen LogP contribution in [-0.2, 0) is 4.79 Å². The van der Waals surface area contributed by atoms with Gasteiger partial charge < -0.3 is 24.8 Å². The predicted octanol–water partition coefficient (Wildman–Crippen LogP) is 2.59. The number of aromatic hydroxyl groups is 1. The summed E-state index contributed by atoms with van der Waals surface area (Å²) in [4.78, 5) is 26.4. The molecule has 154 valence electrons. The van der Waals surface area contributed by atoms with Gasteiger partial charge in [-0.25, -0.2) is 0 Å². The van der Waals surface area contributed by atoms with Gasteiger partial charge in [0, 0.05) is 24.7 Å². The highest BCUT2D eigenvalue weighted by Gasteiger charge is 2.24. The van der Waals surface area contributed by atoms with Crippen LogP contribution in [0.4, 0.5) is 0 Å². The molecule has 2 aromatic carbocycles. The van der Waals surface area contributed by atoms with Crippen molar-refractivity contribution in [3.05, 3.63) is 54.1 Å². The van der Waals surface area contributed by atoms with E-state index in [0.717, 1.165) is 5.75 Å². The van der Waals surface area contributed by atoms with Crippen LogP contribution in [-0.4, -0.2) is 54.2 Å². The fraction of sp³-hybridized carbons (Fsp3) is 0.364. The molecule has 7 nitrogen and oxygen atoms in total. The van der Waals surface area contributed by atoms with E-state index in [1.54, 1.807) is 29.2 Å². The minimum Gasteiger partial charge on any atom is -0.508 e. The first kappa shape index (κ1) is 20.5. The van der Waals surface area contributed by atoms with Crippen LogP contribution in [0.25, 0.3) is 0 Å². The number of carbonyl (C=O) groups excluding carboxylic acids is 2. The van der Waals surface area contributed by atoms with Gasteiger partial charge in [0.05, 0.1) is 6.61 Å². The van der Waals surface area contributed by atoms with Gasteiger partial charge in [0.1, 0.15) is 17.2 Å². The van der Waals surface area contributed by atoms with Crippen LogP contribution in [0, 0.1) is 0 Å². The molecule has 0 radical (unpaired) electrons. The lowest BCUT2D eigenvalue weighted by Gasteiger charge is -2.32. The van der Waals surface area contributed by atoms with E-state index in [2.05, 4.69) is 5.32 Å². The Balaban J connectivity index is 1.41. The maximum atomic E-state index is 12.4. The zero-order chi connectivity index (χ0) is 20.6.